The summed E-state index contributed by atoms with van der Waals surface area (Å²) in [6, 6.07) is 9.06. The third kappa shape index (κ3) is 9.29. The average Bonchev–Trinajstić information content (AvgIpc) is 2.50. The summed E-state index contributed by atoms with van der Waals surface area (Å²) in [5.74, 6) is -0.720. The Hall–Kier alpha value is -2.77. The van der Waals surface area contributed by atoms with Crippen molar-refractivity contribution >= 4 is 18.2 Å². The lowest BCUT2D eigenvalue weighted by Gasteiger charge is -2.19. The van der Waals surface area contributed by atoms with E-state index in [4.69, 9.17) is 9.47 Å². The molecule has 0 unspecified atom stereocenters. The van der Waals surface area contributed by atoms with E-state index in [9.17, 15) is 14.4 Å². The standard InChI is InChI=1S/C16H22N2O6/c1-16(2,3)23-14(20)17-10-9-13(19)24-18-15(21)22-11-12-7-5-4-6-8-12/h4-8H,9-11H2,1-3H3,(H,17,20)(H,18,21). The van der Waals surface area contributed by atoms with Crippen LogP contribution in [0, 0.1) is 0 Å². The van der Waals surface area contributed by atoms with Crippen LogP contribution in [0.25, 0.3) is 0 Å². The summed E-state index contributed by atoms with van der Waals surface area (Å²) in [6.07, 6.45) is -1.64. The molecule has 0 fully saturated rings. The third-order valence-corrected chi connectivity index (χ3v) is 2.46. The highest BCUT2D eigenvalue weighted by molar-refractivity contribution is 5.74. The maximum Gasteiger partial charge on any atom is 0.441 e. The molecule has 1 rings (SSSR count). The van der Waals surface area contributed by atoms with Crippen LogP contribution in [-0.2, 0) is 25.7 Å². The fourth-order valence-electron chi connectivity index (χ4n) is 1.48. The first-order valence-electron chi connectivity index (χ1n) is 7.39. The molecule has 2 N–H and O–H groups in total. The molecule has 0 aromatic heterocycles. The fraction of sp³-hybridized carbons (Fsp3) is 0.438. The summed E-state index contributed by atoms with van der Waals surface area (Å²) < 4.78 is 9.86. The van der Waals surface area contributed by atoms with Gasteiger partial charge in [-0.1, -0.05) is 30.3 Å². The number of rotatable bonds is 5. The maximum absolute atomic E-state index is 11.4. The number of hydroxylamine groups is 1. The first-order chi connectivity index (χ1) is 11.3. The van der Waals surface area contributed by atoms with Crippen molar-refractivity contribution in [2.75, 3.05) is 6.54 Å². The summed E-state index contributed by atoms with van der Waals surface area (Å²) in [4.78, 5) is 38.6. The van der Waals surface area contributed by atoms with Gasteiger partial charge in [-0.05, 0) is 26.3 Å². The maximum atomic E-state index is 11.4. The van der Waals surface area contributed by atoms with E-state index in [1.807, 2.05) is 23.7 Å². The van der Waals surface area contributed by atoms with Crippen LogP contribution in [0.2, 0.25) is 0 Å². The first-order valence-corrected chi connectivity index (χ1v) is 7.39. The fourth-order valence-corrected chi connectivity index (χ4v) is 1.48. The van der Waals surface area contributed by atoms with Crippen LogP contribution >= 0.6 is 0 Å². The Labute approximate surface area is 140 Å². The van der Waals surface area contributed by atoms with Crippen LogP contribution in [-0.4, -0.2) is 30.3 Å². The Bertz CT molecular complexity index is 553. The van der Waals surface area contributed by atoms with Crippen LogP contribution < -0.4 is 10.8 Å². The molecular formula is C16H22N2O6. The van der Waals surface area contributed by atoms with Gasteiger partial charge in [-0.3, -0.25) is 0 Å². The second-order valence-electron chi connectivity index (χ2n) is 5.82. The highest BCUT2D eigenvalue weighted by atomic mass is 16.7. The molecule has 0 radical (unpaired) electrons. The van der Waals surface area contributed by atoms with Gasteiger partial charge in [0.15, 0.2) is 0 Å². The van der Waals surface area contributed by atoms with Crippen molar-refractivity contribution in [1.29, 1.82) is 0 Å². The second kappa shape index (κ2) is 9.39. The van der Waals surface area contributed by atoms with Gasteiger partial charge in [-0.25, -0.2) is 14.4 Å². The van der Waals surface area contributed by atoms with Crippen molar-refractivity contribution in [2.24, 2.45) is 0 Å². The van der Waals surface area contributed by atoms with Crippen LogP contribution in [0.1, 0.15) is 32.8 Å². The highest BCUT2D eigenvalue weighted by Crippen LogP contribution is 2.06. The van der Waals surface area contributed by atoms with Gasteiger partial charge in [-0.15, -0.1) is 5.48 Å². The molecule has 132 valence electrons. The Morgan fingerprint density at radius 2 is 1.71 bits per heavy atom. The van der Waals surface area contributed by atoms with Gasteiger partial charge in [0.1, 0.15) is 12.2 Å². The summed E-state index contributed by atoms with van der Waals surface area (Å²) in [5, 5.41) is 2.40. The summed E-state index contributed by atoms with van der Waals surface area (Å²) in [6.45, 7) is 5.27. The normalized spacial score (nSPS) is 10.5. The van der Waals surface area contributed by atoms with Crippen molar-refractivity contribution in [3.8, 4) is 0 Å². The minimum atomic E-state index is -0.882. The van der Waals surface area contributed by atoms with Crippen molar-refractivity contribution in [3.05, 3.63) is 35.9 Å². The van der Waals surface area contributed by atoms with Gasteiger partial charge < -0.3 is 19.6 Å². The Balaban J connectivity index is 2.12. The van der Waals surface area contributed by atoms with E-state index in [0.29, 0.717) is 0 Å². The molecule has 0 aliphatic rings. The molecule has 0 heterocycles. The van der Waals surface area contributed by atoms with Gasteiger partial charge in [0.05, 0.1) is 6.42 Å². The topological polar surface area (TPSA) is 103 Å². The smallest absolute Gasteiger partial charge is 0.441 e. The zero-order valence-corrected chi connectivity index (χ0v) is 14.0. The quantitative estimate of drug-likeness (QED) is 0.631. The van der Waals surface area contributed by atoms with E-state index in [2.05, 4.69) is 10.2 Å². The van der Waals surface area contributed by atoms with Crippen LogP contribution in [0.4, 0.5) is 9.59 Å². The molecule has 0 saturated heterocycles. The number of benzene rings is 1. The Morgan fingerprint density at radius 1 is 1.04 bits per heavy atom. The number of hydrogen-bond donors (Lipinski definition) is 2. The molecule has 1 aromatic rings. The summed E-state index contributed by atoms with van der Waals surface area (Å²) in [7, 11) is 0. The summed E-state index contributed by atoms with van der Waals surface area (Å²) >= 11 is 0. The Morgan fingerprint density at radius 3 is 2.33 bits per heavy atom. The van der Waals surface area contributed by atoms with Crippen molar-refractivity contribution in [3.63, 3.8) is 0 Å². The van der Waals surface area contributed by atoms with Gasteiger partial charge in [0.2, 0.25) is 0 Å². The lowest BCUT2D eigenvalue weighted by molar-refractivity contribution is -0.149. The van der Waals surface area contributed by atoms with Crippen molar-refractivity contribution < 1.29 is 28.7 Å². The van der Waals surface area contributed by atoms with Crippen LogP contribution in [0.15, 0.2) is 30.3 Å². The predicted octanol–water partition coefficient (Wildman–Crippen LogP) is 2.29. The zero-order valence-electron chi connectivity index (χ0n) is 14.0. The second-order valence-corrected chi connectivity index (χ2v) is 5.82. The number of ether oxygens (including phenoxy) is 2. The van der Waals surface area contributed by atoms with Gasteiger partial charge >= 0.3 is 18.2 Å². The molecule has 1 aromatic carbocycles. The van der Waals surface area contributed by atoms with Crippen LogP contribution in [0.5, 0.6) is 0 Å². The number of hydrogen-bond acceptors (Lipinski definition) is 6. The van der Waals surface area contributed by atoms with Gasteiger partial charge in [0.25, 0.3) is 0 Å². The molecule has 0 bridgehead atoms. The molecule has 24 heavy (non-hydrogen) atoms. The molecule has 0 saturated carbocycles. The first kappa shape index (κ1) is 19.3. The van der Waals surface area contributed by atoms with E-state index < -0.39 is 23.8 Å². The van der Waals surface area contributed by atoms with E-state index in [1.165, 1.54) is 0 Å². The molecular weight excluding hydrogens is 316 g/mol. The van der Waals surface area contributed by atoms with E-state index in [-0.39, 0.29) is 19.6 Å². The SMILES string of the molecule is CC(C)(C)OC(=O)NCCC(=O)ONC(=O)OCc1ccccc1. The number of alkyl carbamates (subject to hydrolysis) is 1. The largest absolute Gasteiger partial charge is 0.444 e. The summed E-state index contributed by atoms with van der Waals surface area (Å²) in [5.41, 5.74) is 2.06. The van der Waals surface area contributed by atoms with Crippen molar-refractivity contribution in [1.82, 2.24) is 10.8 Å². The lowest BCUT2D eigenvalue weighted by atomic mass is 10.2. The number of amides is 2. The molecule has 8 heteroatoms. The average molecular weight is 338 g/mol. The Kier molecular flexibility index (Phi) is 7.54. The number of carbonyl (C=O) groups excluding carboxylic acids is 3. The van der Waals surface area contributed by atoms with E-state index in [1.54, 1.807) is 32.9 Å². The van der Waals surface area contributed by atoms with Crippen molar-refractivity contribution in [2.45, 2.75) is 39.4 Å². The molecule has 0 aliphatic carbocycles. The molecule has 0 atom stereocenters. The van der Waals surface area contributed by atoms with Gasteiger partial charge in [0, 0.05) is 6.54 Å². The van der Waals surface area contributed by atoms with E-state index in [0.717, 1.165) is 5.56 Å². The van der Waals surface area contributed by atoms with Crippen LogP contribution in [0.3, 0.4) is 0 Å². The third-order valence-electron chi connectivity index (χ3n) is 2.46. The highest BCUT2D eigenvalue weighted by Gasteiger charge is 2.16. The van der Waals surface area contributed by atoms with E-state index >= 15 is 0 Å². The minimum Gasteiger partial charge on any atom is -0.444 e. The molecule has 0 spiro atoms. The number of nitrogens with one attached hydrogen (secondary N) is 2. The molecule has 8 nitrogen and oxygen atoms in total. The lowest BCUT2D eigenvalue weighted by Crippen LogP contribution is -2.34. The minimum absolute atomic E-state index is 0.0223. The zero-order chi connectivity index (χ0) is 18.0. The monoisotopic (exact) mass is 338 g/mol. The predicted molar refractivity (Wildman–Crippen MR) is 84.7 cm³/mol. The molecule has 2 amide bonds. The molecule has 0 aliphatic heterocycles. The number of carbonyl (C=O) groups is 3. The van der Waals surface area contributed by atoms with Gasteiger partial charge in [-0.2, -0.15) is 0 Å².